The maximum atomic E-state index is 13.9. The van der Waals surface area contributed by atoms with Crippen molar-refractivity contribution >= 4 is 17.5 Å². The summed E-state index contributed by atoms with van der Waals surface area (Å²) in [6, 6.07) is 8.40. The fourth-order valence-electron chi connectivity index (χ4n) is 2.98. The molecule has 1 saturated heterocycles. The molecule has 6 heteroatoms. The Kier molecular flexibility index (Phi) is 5.53. The standard InChI is InChI=1S/C18H20ClFN2O2/c19-15-4-3-14(17(20)10-15)12-22-7-5-13(6-8-22)18(23)21-11-16-2-1-9-24-16/h1-4,9-10,13H,5-8,11-12H2,(H,21,23). The smallest absolute Gasteiger partial charge is 0.223 e. The van der Waals surface area contributed by atoms with E-state index in [0.717, 1.165) is 31.7 Å². The molecule has 0 radical (unpaired) electrons. The molecule has 1 amide bonds. The molecule has 1 N–H and O–H groups in total. The molecule has 24 heavy (non-hydrogen) atoms. The van der Waals surface area contributed by atoms with Gasteiger partial charge in [-0.3, -0.25) is 9.69 Å². The molecular formula is C18H20ClFN2O2. The van der Waals surface area contributed by atoms with Crippen LogP contribution in [0.5, 0.6) is 0 Å². The highest BCUT2D eigenvalue weighted by Gasteiger charge is 2.25. The maximum Gasteiger partial charge on any atom is 0.223 e. The number of rotatable bonds is 5. The molecule has 1 fully saturated rings. The van der Waals surface area contributed by atoms with Crippen molar-refractivity contribution in [2.45, 2.75) is 25.9 Å². The van der Waals surface area contributed by atoms with Crippen LogP contribution in [0.25, 0.3) is 0 Å². The summed E-state index contributed by atoms with van der Waals surface area (Å²) in [5.74, 6) is 0.537. The molecule has 1 aromatic carbocycles. The van der Waals surface area contributed by atoms with Gasteiger partial charge in [-0.15, -0.1) is 0 Å². The first-order valence-corrected chi connectivity index (χ1v) is 8.46. The van der Waals surface area contributed by atoms with Crippen LogP contribution in [-0.2, 0) is 17.9 Å². The fourth-order valence-corrected chi connectivity index (χ4v) is 3.13. The summed E-state index contributed by atoms with van der Waals surface area (Å²) in [6.45, 7) is 2.52. The van der Waals surface area contributed by atoms with E-state index in [1.165, 1.54) is 6.07 Å². The van der Waals surface area contributed by atoms with Gasteiger partial charge in [-0.2, -0.15) is 0 Å². The summed E-state index contributed by atoms with van der Waals surface area (Å²) < 4.78 is 19.1. The van der Waals surface area contributed by atoms with Gasteiger partial charge in [0.1, 0.15) is 11.6 Å². The molecular weight excluding hydrogens is 331 g/mol. The Labute approximate surface area is 145 Å². The van der Waals surface area contributed by atoms with Gasteiger partial charge in [0, 0.05) is 23.0 Å². The van der Waals surface area contributed by atoms with Crippen LogP contribution in [0.3, 0.4) is 0 Å². The third kappa shape index (κ3) is 4.36. The highest BCUT2D eigenvalue weighted by Crippen LogP contribution is 2.21. The summed E-state index contributed by atoms with van der Waals surface area (Å²) >= 11 is 5.78. The van der Waals surface area contributed by atoms with Crippen molar-refractivity contribution < 1.29 is 13.6 Å². The Bertz CT molecular complexity index is 682. The molecule has 1 aromatic heterocycles. The molecule has 0 spiro atoms. The zero-order valence-corrected chi connectivity index (χ0v) is 14.1. The average molecular weight is 351 g/mol. The number of hydrogen-bond acceptors (Lipinski definition) is 3. The normalized spacial score (nSPS) is 16.2. The third-order valence-electron chi connectivity index (χ3n) is 4.38. The third-order valence-corrected chi connectivity index (χ3v) is 4.62. The van der Waals surface area contributed by atoms with E-state index in [-0.39, 0.29) is 17.6 Å². The highest BCUT2D eigenvalue weighted by molar-refractivity contribution is 6.30. The monoisotopic (exact) mass is 350 g/mol. The van der Waals surface area contributed by atoms with E-state index in [2.05, 4.69) is 10.2 Å². The minimum atomic E-state index is -0.277. The number of carbonyl (C=O) groups is 1. The van der Waals surface area contributed by atoms with Crippen molar-refractivity contribution in [3.05, 3.63) is 58.8 Å². The summed E-state index contributed by atoms with van der Waals surface area (Å²) in [5, 5.41) is 3.31. The summed E-state index contributed by atoms with van der Waals surface area (Å²) in [7, 11) is 0. The van der Waals surface area contributed by atoms with E-state index < -0.39 is 0 Å². The number of piperidine rings is 1. The Hall–Kier alpha value is -1.85. The van der Waals surface area contributed by atoms with Crippen LogP contribution in [0.4, 0.5) is 4.39 Å². The molecule has 0 unspecified atom stereocenters. The van der Waals surface area contributed by atoms with Gasteiger partial charge in [0.25, 0.3) is 0 Å². The Balaban J connectivity index is 1.45. The van der Waals surface area contributed by atoms with Gasteiger partial charge in [-0.05, 0) is 50.2 Å². The van der Waals surface area contributed by atoms with E-state index in [4.69, 9.17) is 16.0 Å². The summed E-state index contributed by atoms with van der Waals surface area (Å²) in [6.07, 6.45) is 3.15. The van der Waals surface area contributed by atoms with Crippen LogP contribution >= 0.6 is 11.6 Å². The van der Waals surface area contributed by atoms with E-state index in [9.17, 15) is 9.18 Å². The molecule has 2 heterocycles. The number of furan rings is 1. The van der Waals surface area contributed by atoms with Crippen molar-refractivity contribution in [3.8, 4) is 0 Å². The molecule has 128 valence electrons. The quantitative estimate of drug-likeness (QED) is 0.896. The van der Waals surface area contributed by atoms with E-state index >= 15 is 0 Å². The lowest BCUT2D eigenvalue weighted by Gasteiger charge is -2.31. The van der Waals surface area contributed by atoms with Gasteiger partial charge < -0.3 is 9.73 Å². The first-order chi connectivity index (χ1) is 11.6. The van der Waals surface area contributed by atoms with Crippen LogP contribution < -0.4 is 5.32 Å². The molecule has 4 nitrogen and oxygen atoms in total. The number of nitrogens with one attached hydrogen (secondary N) is 1. The first kappa shape index (κ1) is 17.0. The van der Waals surface area contributed by atoms with Gasteiger partial charge >= 0.3 is 0 Å². The van der Waals surface area contributed by atoms with E-state index in [1.54, 1.807) is 24.5 Å². The lowest BCUT2D eigenvalue weighted by Crippen LogP contribution is -2.40. The number of benzene rings is 1. The average Bonchev–Trinajstić information content (AvgIpc) is 3.09. The van der Waals surface area contributed by atoms with Crippen molar-refractivity contribution in [2.24, 2.45) is 5.92 Å². The van der Waals surface area contributed by atoms with Gasteiger partial charge in [0.2, 0.25) is 5.91 Å². The summed E-state index contributed by atoms with van der Waals surface area (Å²) in [5.41, 5.74) is 0.639. The molecule has 3 rings (SSSR count). The van der Waals surface area contributed by atoms with E-state index in [1.807, 2.05) is 6.07 Å². The molecule has 0 bridgehead atoms. The number of halogens is 2. The number of hydrogen-bond donors (Lipinski definition) is 1. The molecule has 1 aliphatic heterocycles. The summed E-state index contributed by atoms with van der Waals surface area (Å²) in [4.78, 5) is 14.4. The van der Waals surface area contributed by atoms with Crippen LogP contribution in [0.15, 0.2) is 41.0 Å². The van der Waals surface area contributed by atoms with Crippen LogP contribution in [-0.4, -0.2) is 23.9 Å². The zero-order chi connectivity index (χ0) is 16.9. The SMILES string of the molecule is O=C(NCc1ccco1)C1CCN(Cc2ccc(Cl)cc2F)CC1. The maximum absolute atomic E-state index is 13.9. The van der Waals surface area contributed by atoms with Gasteiger partial charge in [0.05, 0.1) is 12.8 Å². The molecule has 0 aliphatic carbocycles. The van der Waals surface area contributed by atoms with Crippen LogP contribution in [0.1, 0.15) is 24.2 Å². The second-order valence-electron chi connectivity index (χ2n) is 6.08. The number of likely N-dealkylation sites (tertiary alicyclic amines) is 1. The predicted octanol–water partition coefficient (Wildman–Crippen LogP) is 3.60. The molecule has 2 aromatic rings. The number of carbonyl (C=O) groups excluding carboxylic acids is 1. The van der Waals surface area contributed by atoms with E-state index in [0.29, 0.717) is 23.7 Å². The number of nitrogens with zero attached hydrogens (tertiary/aromatic N) is 1. The lowest BCUT2D eigenvalue weighted by molar-refractivity contribution is -0.126. The Morgan fingerprint density at radius 2 is 2.12 bits per heavy atom. The molecule has 0 saturated carbocycles. The van der Waals surface area contributed by atoms with Gasteiger partial charge in [-0.1, -0.05) is 17.7 Å². The fraction of sp³-hybridized carbons (Fsp3) is 0.389. The van der Waals surface area contributed by atoms with Crippen molar-refractivity contribution in [1.29, 1.82) is 0 Å². The topological polar surface area (TPSA) is 45.5 Å². The van der Waals surface area contributed by atoms with Gasteiger partial charge in [0.15, 0.2) is 0 Å². The molecule has 1 aliphatic rings. The minimum absolute atomic E-state index is 0.00581. The van der Waals surface area contributed by atoms with Crippen LogP contribution in [0.2, 0.25) is 5.02 Å². The first-order valence-electron chi connectivity index (χ1n) is 8.08. The van der Waals surface area contributed by atoms with Crippen molar-refractivity contribution in [3.63, 3.8) is 0 Å². The minimum Gasteiger partial charge on any atom is -0.467 e. The second-order valence-corrected chi connectivity index (χ2v) is 6.52. The number of amides is 1. The Morgan fingerprint density at radius 3 is 2.79 bits per heavy atom. The van der Waals surface area contributed by atoms with Gasteiger partial charge in [-0.25, -0.2) is 4.39 Å². The predicted molar refractivity (Wildman–Crippen MR) is 90.0 cm³/mol. The zero-order valence-electron chi connectivity index (χ0n) is 13.3. The highest BCUT2D eigenvalue weighted by atomic mass is 35.5. The molecule has 0 atom stereocenters. The lowest BCUT2D eigenvalue weighted by atomic mass is 9.95. The van der Waals surface area contributed by atoms with Crippen molar-refractivity contribution in [2.75, 3.05) is 13.1 Å². The second kappa shape index (κ2) is 7.81. The Morgan fingerprint density at radius 1 is 1.33 bits per heavy atom. The largest absolute Gasteiger partial charge is 0.467 e. The van der Waals surface area contributed by atoms with Crippen molar-refractivity contribution in [1.82, 2.24) is 10.2 Å². The van der Waals surface area contributed by atoms with Crippen LogP contribution in [0, 0.1) is 11.7 Å².